The predicted octanol–water partition coefficient (Wildman–Crippen LogP) is 3.36. The quantitative estimate of drug-likeness (QED) is 0.352. The Morgan fingerprint density at radius 3 is 2.73 bits per heavy atom. The molecule has 1 fully saturated rings. The second kappa shape index (κ2) is 11.5. The monoisotopic (exact) mass is 435 g/mol. The van der Waals surface area contributed by atoms with Crippen LogP contribution in [0.15, 0.2) is 55.0 Å². The summed E-state index contributed by atoms with van der Waals surface area (Å²) in [6.45, 7) is 12.7. The van der Waals surface area contributed by atoms with Crippen LogP contribution in [0.1, 0.15) is 12.8 Å². The molecule has 8 heteroatoms. The molecule has 1 aromatic rings. The van der Waals surface area contributed by atoms with Crippen LogP contribution in [0.2, 0.25) is 0 Å². The Balaban J connectivity index is 0.00000320. The lowest BCUT2D eigenvalue weighted by Gasteiger charge is -2.37. The number of fused-ring (bicyclic) bond motifs is 1. The molecule has 2 N–H and O–H groups in total. The van der Waals surface area contributed by atoms with Gasteiger partial charge < -0.3 is 24.8 Å². The van der Waals surface area contributed by atoms with Crippen molar-refractivity contribution in [2.24, 2.45) is 0 Å². The highest BCUT2D eigenvalue weighted by Crippen LogP contribution is 2.31. The van der Waals surface area contributed by atoms with Crippen LogP contribution < -0.4 is 14.8 Å². The number of nitrogens with one attached hydrogen (secondary N) is 1. The fourth-order valence-corrected chi connectivity index (χ4v) is 3.49. The molecule has 2 aliphatic rings. The Morgan fingerprint density at radius 1 is 1.27 bits per heavy atom. The highest BCUT2D eigenvalue weighted by molar-refractivity contribution is 5.95. The number of aliphatic hydroxyl groups excluding tert-OH is 1. The zero-order valence-electron chi connectivity index (χ0n) is 17.1. The topological polar surface area (TPSA) is 74.3 Å². The van der Waals surface area contributed by atoms with E-state index in [2.05, 4.69) is 28.3 Å². The fraction of sp³-hybridized carbons (Fsp3) is 0.409. The number of piperazine rings is 1. The van der Waals surface area contributed by atoms with Crippen LogP contribution in [0, 0.1) is 0 Å². The number of hydrogen-bond acceptors (Lipinski definition) is 6. The lowest BCUT2D eigenvalue weighted by molar-refractivity contribution is -0.118. The Labute approximate surface area is 184 Å². The van der Waals surface area contributed by atoms with Gasteiger partial charge in [0.1, 0.15) is 17.3 Å². The summed E-state index contributed by atoms with van der Waals surface area (Å²) in [4.78, 5) is 16.0. The molecule has 3 rings (SSSR count). The molecule has 0 atom stereocenters. The maximum atomic E-state index is 11.4. The van der Waals surface area contributed by atoms with Crippen LogP contribution in [-0.4, -0.2) is 66.8 Å². The first-order valence-corrected chi connectivity index (χ1v) is 9.94. The van der Waals surface area contributed by atoms with Gasteiger partial charge >= 0.3 is 0 Å². The van der Waals surface area contributed by atoms with Crippen molar-refractivity contribution >= 4 is 24.0 Å². The summed E-state index contributed by atoms with van der Waals surface area (Å²) in [6, 6.07) is 5.48. The van der Waals surface area contributed by atoms with E-state index in [4.69, 9.17) is 9.47 Å². The van der Waals surface area contributed by atoms with Gasteiger partial charge in [0.05, 0.1) is 18.0 Å². The first-order valence-electron chi connectivity index (χ1n) is 9.94. The molecule has 0 radical (unpaired) electrons. The van der Waals surface area contributed by atoms with Gasteiger partial charge in [-0.05, 0) is 37.6 Å². The molecule has 1 aromatic carbocycles. The maximum absolute atomic E-state index is 11.4. The third kappa shape index (κ3) is 6.43. The maximum Gasteiger partial charge on any atom is 0.262 e. The molecule has 0 aromatic heterocycles. The number of halogens is 1. The number of unbranched alkanes of at least 4 members (excludes halogenated alkanes) is 1. The van der Waals surface area contributed by atoms with E-state index >= 15 is 0 Å². The summed E-state index contributed by atoms with van der Waals surface area (Å²) < 4.78 is 11.2. The van der Waals surface area contributed by atoms with Crippen molar-refractivity contribution in [2.75, 3.05) is 51.3 Å². The number of ether oxygens (including phenoxy) is 2. The lowest BCUT2D eigenvalue weighted by atomic mass is 10.2. The molecule has 30 heavy (non-hydrogen) atoms. The number of carbonyl (C=O) groups excluding carboxylic acids is 1. The van der Waals surface area contributed by atoms with Gasteiger partial charge in [-0.3, -0.25) is 9.69 Å². The highest BCUT2D eigenvalue weighted by Gasteiger charge is 2.19. The second-order valence-electron chi connectivity index (χ2n) is 7.11. The summed E-state index contributed by atoms with van der Waals surface area (Å²) in [5, 5.41) is 12.5. The predicted molar refractivity (Wildman–Crippen MR) is 121 cm³/mol. The van der Waals surface area contributed by atoms with Gasteiger partial charge in [-0.15, -0.1) is 12.4 Å². The standard InChI is InChI=1S/C22H29N3O4.ClH/c1-3-6-20(17(2)26)25-12-10-24(11-13-25)9-4-5-14-28-18-7-8-21-19(15-18)23-22(27)16-29-21;/h3,6-8,15,26H,1-2,4-5,9-14,16H2,(H,23,27);1H/b20-6+;. The van der Waals surface area contributed by atoms with Crippen molar-refractivity contribution in [2.45, 2.75) is 12.8 Å². The summed E-state index contributed by atoms with van der Waals surface area (Å²) in [5.41, 5.74) is 1.41. The molecule has 7 nitrogen and oxygen atoms in total. The molecule has 2 heterocycles. The van der Waals surface area contributed by atoms with Crippen LogP contribution in [0.25, 0.3) is 0 Å². The number of rotatable bonds is 9. The van der Waals surface area contributed by atoms with E-state index in [0.29, 0.717) is 18.0 Å². The zero-order chi connectivity index (χ0) is 20.6. The largest absolute Gasteiger partial charge is 0.506 e. The van der Waals surface area contributed by atoms with Gasteiger partial charge in [0.15, 0.2) is 6.61 Å². The van der Waals surface area contributed by atoms with Gasteiger partial charge in [-0.1, -0.05) is 19.2 Å². The summed E-state index contributed by atoms with van der Waals surface area (Å²) in [5.74, 6) is 1.34. The van der Waals surface area contributed by atoms with Crippen LogP contribution in [0.5, 0.6) is 11.5 Å². The van der Waals surface area contributed by atoms with E-state index < -0.39 is 0 Å². The molecular weight excluding hydrogens is 406 g/mol. The fourth-order valence-electron chi connectivity index (χ4n) is 3.49. The number of carbonyl (C=O) groups is 1. The number of benzene rings is 1. The third-order valence-electron chi connectivity index (χ3n) is 5.01. The van der Waals surface area contributed by atoms with Gasteiger partial charge in [0, 0.05) is 32.2 Å². The van der Waals surface area contributed by atoms with E-state index in [1.807, 2.05) is 12.1 Å². The van der Waals surface area contributed by atoms with Crippen molar-refractivity contribution in [3.63, 3.8) is 0 Å². The Kier molecular flexibility index (Phi) is 9.08. The molecular formula is C22H30ClN3O4. The number of aliphatic hydroxyl groups is 1. The second-order valence-corrected chi connectivity index (χ2v) is 7.11. The summed E-state index contributed by atoms with van der Waals surface area (Å²) in [7, 11) is 0. The van der Waals surface area contributed by atoms with Crippen LogP contribution in [-0.2, 0) is 4.79 Å². The van der Waals surface area contributed by atoms with E-state index in [9.17, 15) is 9.90 Å². The van der Waals surface area contributed by atoms with Crippen molar-refractivity contribution in [3.8, 4) is 11.5 Å². The molecule has 0 unspecified atom stereocenters. The zero-order valence-corrected chi connectivity index (χ0v) is 18.0. The Morgan fingerprint density at radius 2 is 2.03 bits per heavy atom. The summed E-state index contributed by atoms with van der Waals surface area (Å²) in [6.07, 6.45) is 5.47. The minimum atomic E-state index is -0.148. The molecule has 0 aliphatic carbocycles. The van der Waals surface area contributed by atoms with E-state index in [1.165, 1.54) is 0 Å². The van der Waals surface area contributed by atoms with E-state index in [1.54, 1.807) is 18.2 Å². The Hall–Kier alpha value is -2.64. The van der Waals surface area contributed by atoms with Crippen molar-refractivity contribution in [1.82, 2.24) is 9.80 Å². The van der Waals surface area contributed by atoms with Gasteiger partial charge in [0.2, 0.25) is 0 Å². The molecule has 0 saturated carbocycles. The number of allylic oxidation sites excluding steroid dienone is 2. The van der Waals surface area contributed by atoms with Crippen molar-refractivity contribution < 1.29 is 19.4 Å². The molecule has 0 spiro atoms. The Bertz CT molecular complexity index is 789. The first kappa shape index (κ1) is 23.6. The van der Waals surface area contributed by atoms with Crippen LogP contribution in [0.3, 0.4) is 0 Å². The number of amides is 1. The first-order chi connectivity index (χ1) is 14.1. The molecule has 0 bridgehead atoms. The van der Waals surface area contributed by atoms with Crippen LogP contribution >= 0.6 is 12.4 Å². The van der Waals surface area contributed by atoms with Gasteiger partial charge in [-0.2, -0.15) is 0 Å². The van der Waals surface area contributed by atoms with Gasteiger partial charge in [-0.25, -0.2) is 0 Å². The molecule has 2 aliphatic heterocycles. The molecule has 164 valence electrons. The highest BCUT2D eigenvalue weighted by atomic mass is 35.5. The number of hydrogen-bond donors (Lipinski definition) is 2. The smallest absolute Gasteiger partial charge is 0.262 e. The van der Waals surface area contributed by atoms with E-state index in [0.717, 1.165) is 57.0 Å². The normalized spacial score (nSPS) is 16.6. The lowest BCUT2D eigenvalue weighted by Crippen LogP contribution is -2.46. The van der Waals surface area contributed by atoms with Gasteiger partial charge in [0.25, 0.3) is 5.91 Å². The SMILES string of the molecule is C=C/C=C(\C(=C)O)N1CCN(CCCCOc2ccc3c(c2)NC(=O)CO3)CC1.Cl. The van der Waals surface area contributed by atoms with Crippen molar-refractivity contribution in [3.05, 3.63) is 55.0 Å². The van der Waals surface area contributed by atoms with Crippen molar-refractivity contribution in [1.29, 1.82) is 0 Å². The van der Waals surface area contributed by atoms with Crippen LogP contribution in [0.4, 0.5) is 5.69 Å². The minimum absolute atomic E-state index is 0. The summed E-state index contributed by atoms with van der Waals surface area (Å²) >= 11 is 0. The number of nitrogens with zero attached hydrogens (tertiary/aromatic N) is 2. The molecule has 1 amide bonds. The number of anilines is 1. The minimum Gasteiger partial charge on any atom is -0.506 e. The average Bonchev–Trinajstić information content (AvgIpc) is 2.72. The third-order valence-corrected chi connectivity index (χ3v) is 5.01. The molecule has 1 saturated heterocycles. The van der Waals surface area contributed by atoms with E-state index in [-0.39, 0.29) is 30.7 Å². The average molecular weight is 436 g/mol.